The van der Waals surface area contributed by atoms with Crippen molar-refractivity contribution in [3.63, 3.8) is 0 Å². The van der Waals surface area contributed by atoms with Crippen molar-refractivity contribution in [3.8, 4) is 33.6 Å². The second kappa shape index (κ2) is 15.7. The summed E-state index contributed by atoms with van der Waals surface area (Å²) in [4.78, 5) is 61.6. The fraction of sp³-hybridized carbons (Fsp3) is 0.395. The van der Waals surface area contributed by atoms with Gasteiger partial charge in [0.1, 0.15) is 17.7 Å². The predicted octanol–water partition coefficient (Wildman–Crippen LogP) is 6.57. The first-order chi connectivity index (χ1) is 27.2. The number of aromatic nitrogens is 5. The molecular formula is C43H48N8O5. The number of ether oxygens (including phenoxy) is 2. The van der Waals surface area contributed by atoms with Gasteiger partial charge in [0.15, 0.2) is 0 Å². The van der Waals surface area contributed by atoms with E-state index >= 15 is 0 Å². The number of aromatic amines is 2. The lowest BCUT2D eigenvalue weighted by Crippen LogP contribution is -2.57. The van der Waals surface area contributed by atoms with Crippen molar-refractivity contribution in [2.45, 2.75) is 69.7 Å². The average Bonchev–Trinajstić information content (AvgIpc) is 4.02. The molecule has 0 spiro atoms. The monoisotopic (exact) mass is 756 g/mol. The van der Waals surface area contributed by atoms with Crippen molar-refractivity contribution in [1.82, 2.24) is 40.5 Å². The SMILES string of the molecule is COC(=O)N[C@H](C(=O)N1CCC[C@H]1c1ncc(-c2ccc(-c3ccc(-c4cnc([C@H]5C6CCC6[C@@H]5C(=O)N[C@H](C)c5cccnc5)[nH]4)cc3)cc2)[nH]1)[C@@H](C)OC. The van der Waals surface area contributed by atoms with Crippen LogP contribution in [0.2, 0.25) is 0 Å². The van der Waals surface area contributed by atoms with E-state index < -0.39 is 18.2 Å². The molecule has 1 aliphatic heterocycles. The van der Waals surface area contributed by atoms with Crippen LogP contribution in [-0.2, 0) is 19.1 Å². The molecule has 13 nitrogen and oxygen atoms in total. The van der Waals surface area contributed by atoms with Gasteiger partial charge in [0.25, 0.3) is 0 Å². The van der Waals surface area contributed by atoms with Gasteiger partial charge in [-0.15, -0.1) is 0 Å². The Morgan fingerprint density at radius 1 is 0.786 bits per heavy atom. The number of rotatable bonds is 12. The van der Waals surface area contributed by atoms with E-state index in [4.69, 9.17) is 14.5 Å². The molecule has 8 atom stereocenters. The number of hydrogen-bond acceptors (Lipinski definition) is 8. The van der Waals surface area contributed by atoms with Gasteiger partial charge in [0, 0.05) is 32.0 Å². The van der Waals surface area contributed by atoms with Crippen LogP contribution in [0.3, 0.4) is 0 Å². The molecule has 56 heavy (non-hydrogen) atoms. The van der Waals surface area contributed by atoms with Crippen LogP contribution in [0.25, 0.3) is 33.6 Å². The summed E-state index contributed by atoms with van der Waals surface area (Å²) in [5, 5.41) is 5.86. The van der Waals surface area contributed by atoms with Gasteiger partial charge in [-0.1, -0.05) is 54.6 Å². The van der Waals surface area contributed by atoms with E-state index in [0.29, 0.717) is 24.2 Å². The lowest BCUT2D eigenvalue weighted by molar-refractivity contribution is -0.146. The van der Waals surface area contributed by atoms with Crippen LogP contribution in [0, 0.1) is 17.8 Å². The molecule has 1 saturated heterocycles. The number of nitrogens with zero attached hydrogens (tertiary/aromatic N) is 4. The van der Waals surface area contributed by atoms with Crippen molar-refractivity contribution in [1.29, 1.82) is 0 Å². The molecule has 290 valence electrons. The summed E-state index contributed by atoms with van der Waals surface area (Å²) in [5.41, 5.74) is 6.97. The fourth-order valence-electron chi connectivity index (χ4n) is 8.77. The number of H-pyrrole nitrogens is 2. The van der Waals surface area contributed by atoms with Gasteiger partial charge in [0.2, 0.25) is 11.8 Å². The molecule has 2 aliphatic carbocycles. The Morgan fingerprint density at radius 2 is 1.41 bits per heavy atom. The third-order valence-corrected chi connectivity index (χ3v) is 12.2. The standard InChI is InChI=1S/C43H48N8O5/c1-24(30-7-5-19-44-21-30)47-41(52)37-32-18-17-31(32)36(37)40-46-23-34(49-40)29-15-11-27(12-16-29)26-9-13-28(14-10-26)33-22-45-39(48-33)35-8-6-20-51(35)42(53)38(25(2)55-3)50-43(54)56-4/h5,7,9-16,19,21-25,31-32,35-38H,6,8,17-18,20H2,1-4H3,(H,45,48)(H,46,49)(H,47,52)(H,50,54)/t24-,25-,31?,32?,35+,36+,37+,38+/m1/s1. The van der Waals surface area contributed by atoms with Crippen LogP contribution in [0.15, 0.2) is 85.5 Å². The van der Waals surface area contributed by atoms with Crippen molar-refractivity contribution >= 4 is 17.9 Å². The number of benzene rings is 2. The Morgan fingerprint density at radius 3 is 2.00 bits per heavy atom. The topological polar surface area (TPSA) is 167 Å². The Hall–Kier alpha value is -5.82. The minimum Gasteiger partial charge on any atom is -0.453 e. The summed E-state index contributed by atoms with van der Waals surface area (Å²) < 4.78 is 10.2. The quantitative estimate of drug-likeness (QED) is 0.111. The molecule has 3 aliphatic rings. The highest BCUT2D eigenvalue weighted by molar-refractivity contribution is 5.87. The van der Waals surface area contributed by atoms with Crippen LogP contribution >= 0.6 is 0 Å². The highest BCUT2D eigenvalue weighted by Crippen LogP contribution is 2.62. The third-order valence-electron chi connectivity index (χ3n) is 12.2. The average molecular weight is 757 g/mol. The van der Waals surface area contributed by atoms with Crippen LogP contribution in [0.4, 0.5) is 4.79 Å². The molecule has 3 fully saturated rings. The lowest BCUT2D eigenvalue weighted by Gasteiger charge is -2.57. The Kier molecular flexibility index (Phi) is 10.4. The number of nitrogens with one attached hydrogen (secondary N) is 4. The second-order valence-corrected chi connectivity index (χ2v) is 15.2. The molecule has 3 amide bonds. The number of fused-ring (bicyclic) bond motifs is 1. The number of alkyl carbamates (subject to hydrolysis) is 1. The highest BCUT2D eigenvalue weighted by Gasteiger charge is 2.59. The zero-order valence-electron chi connectivity index (χ0n) is 32.1. The number of methoxy groups -OCH3 is 2. The van der Waals surface area contributed by atoms with Gasteiger partial charge in [-0.3, -0.25) is 14.6 Å². The molecular weight excluding hydrogens is 709 g/mol. The van der Waals surface area contributed by atoms with Crippen molar-refractivity contribution in [3.05, 3.63) is 103 Å². The summed E-state index contributed by atoms with van der Waals surface area (Å²) in [6.45, 7) is 4.30. The molecule has 5 aromatic rings. The summed E-state index contributed by atoms with van der Waals surface area (Å²) in [5.74, 6) is 2.39. The number of likely N-dealkylation sites (tertiary alicyclic amines) is 1. The van der Waals surface area contributed by atoms with Gasteiger partial charge in [-0.2, -0.15) is 0 Å². The Bertz CT molecular complexity index is 2170. The lowest BCUT2D eigenvalue weighted by atomic mass is 9.46. The van der Waals surface area contributed by atoms with Crippen LogP contribution in [0.1, 0.15) is 74.7 Å². The number of amides is 3. The van der Waals surface area contributed by atoms with Gasteiger partial charge >= 0.3 is 6.09 Å². The second-order valence-electron chi connectivity index (χ2n) is 15.2. The van der Waals surface area contributed by atoms with Crippen molar-refractivity contribution in [2.75, 3.05) is 20.8 Å². The smallest absolute Gasteiger partial charge is 0.407 e. The van der Waals surface area contributed by atoms with E-state index in [9.17, 15) is 14.4 Å². The number of carbonyl (C=O) groups is 3. The summed E-state index contributed by atoms with van der Waals surface area (Å²) in [6, 6.07) is 19.4. The zero-order chi connectivity index (χ0) is 38.9. The van der Waals surface area contributed by atoms with Crippen molar-refractivity contribution in [2.24, 2.45) is 17.8 Å². The van der Waals surface area contributed by atoms with E-state index in [1.54, 1.807) is 30.4 Å². The first-order valence-corrected chi connectivity index (χ1v) is 19.4. The van der Waals surface area contributed by atoms with E-state index in [0.717, 1.165) is 70.7 Å². The van der Waals surface area contributed by atoms with Crippen LogP contribution < -0.4 is 10.6 Å². The molecule has 0 radical (unpaired) electrons. The molecule has 2 saturated carbocycles. The zero-order valence-corrected chi connectivity index (χ0v) is 32.1. The summed E-state index contributed by atoms with van der Waals surface area (Å²) in [6.07, 6.45) is 9.80. The Balaban J connectivity index is 0.911. The molecule has 0 bridgehead atoms. The minimum atomic E-state index is -0.885. The third kappa shape index (κ3) is 7.07. The van der Waals surface area contributed by atoms with E-state index in [2.05, 4.69) is 79.1 Å². The molecule has 2 unspecified atom stereocenters. The van der Waals surface area contributed by atoms with E-state index in [1.165, 1.54) is 14.2 Å². The largest absolute Gasteiger partial charge is 0.453 e. The molecule has 4 heterocycles. The number of carbonyl (C=O) groups excluding carboxylic acids is 3. The van der Waals surface area contributed by atoms with E-state index in [-0.39, 0.29) is 35.7 Å². The maximum atomic E-state index is 13.6. The molecule has 4 N–H and O–H groups in total. The van der Waals surface area contributed by atoms with Gasteiger partial charge in [0.05, 0.1) is 55.0 Å². The molecule has 2 aromatic carbocycles. The van der Waals surface area contributed by atoms with Gasteiger partial charge in [-0.05, 0) is 85.3 Å². The van der Waals surface area contributed by atoms with Gasteiger partial charge in [-0.25, -0.2) is 14.8 Å². The fourth-order valence-corrected chi connectivity index (χ4v) is 8.77. The number of hydrogen-bond donors (Lipinski definition) is 4. The Labute approximate surface area is 326 Å². The maximum Gasteiger partial charge on any atom is 0.407 e. The summed E-state index contributed by atoms with van der Waals surface area (Å²) >= 11 is 0. The van der Waals surface area contributed by atoms with Crippen LogP contribution in [-0.4, -0.2) is 80.6 Å². The normalized spacial score (nSPS) is 22.9. The first-order valence-electron chi connectivity index (χ1n) is 19.4. The number of imidazole rings is 2. The highest BCUT2D eigenvalue weighted by atomic mass is 16.5. The molecule has 13 heteroatoms. The van der Waals surface area contributed by atoms with Crippen molar-refractivity contribution < 1.29 is 23.9 Å². The predicted molar refractivity (Wildman–Crippen MR) is 210 cm³/mol. The molecule has 3 aromatic heterocycles. The first kappa shape index (κ1) is 37.1. The van der Waals surface area contributed by atoms with Crippen LogP contribution in [0.5, 0.6) is 0 Å². The molecule has 8 rings (SSSR count). The minimum absolute atomic E-state index is 0.0771. The summed E-state index contributed by atoms with van der Waals surface area (Å²) in [7, 11) is 2.77. The number of pyridine rings is 1. The van der Waals surface area contributed by atoms with E-state index in [1.807, 2.05) is 25.3 Å². The maximum absolute atomic E-state index is 13.6. The van der Waals surface area contributed by atoms with Gasteiger partial charge < -0.3 is 35.0 Å².